The molecule has 2 aromatic carbocycles. The summed E-state index contributed by atoms with van der Waals surface area (Å²) >= 11 is 13.4. The van der Waals surface area contributed by atoms with E-state index in [1.54, 1.807) is 7.11 Å². The van der Waals surface area contributed by atoms with Gasteiger partial charge < -0.3 is 4.74 Å². The number of hydrogen-bond donors (Lipinski definition) is 0. The normalized spacial score (nSPS) is 12.3. The first-order chi connectivity index (χ1) is 9.43. The van der Waals surface area contributed by atoms with Crippen molar-refractivity contribution in [3.05, 3.63) is 62.1 Å². The third-order valence-electron chi connectivity index (χ3n) is 3.21. The molecule has 1 atom stereocenters. The molecule has 0 amide bonds. The predicted molar refractivity (Wildman–Crippen MR) is 92.4 cm³/mol. The Hall–Kier alpha value is -0.510. The highest BCUT2D eigenvalue weighted by Gasteiger charge is 2.16. The quantitative estimate of drug-likeness (QED) is 0.538. The number of aryl methyl sites for hydroxylation is 2. The molecule has 0 radical (unpaired) electrons. The molecule has 0 aliphatic heterocycles. The molecule has 0 bridgehead atoms. The highest BCUT2D eigenvalue weighted by atomic mass is 79.9. The summed E-state index contributed by atoms with van der Waals surface area (Å²) in [5, 5.41) is 0.731. The maximum absolute atomic E-state index is 6.10. The molecule has 0 aliphatic carbocycles. The molecule has 4 heteroatoms. The summed E-state index contributed by atoms with van der Waals surface area (Å²) in [5.74, 6) is 0.943. The van der Waals surface area contributed by atoms with E-state index in [4.69, 9.17) is 16.3 Å². The van der Waals surface area contributed by atoms with Gasteiger partial charge in [0.25, 0.3) is 0 Å². The summed E-state index contributed by atoms with van der Waals surface area (Å²) in [6.45, 7) is 4.12. The molecule has 0 aliphatic rings. The number of halogens is 3. The number of hydrogen-bond acceptors (Lipinski definition) is 1. The van der Waals surface area contributed by atoms with Crippen LogP contribution >= 0.6 is 43.5 Å². The van der Waals surface area contributed by atoms with Crippen molar-refractivity contribution >= 4 is 43.5 Å². The molecular formula is C16H15Br2ClO. The molecule has 0 spiro atoms. The van der Waals surface area contributed by atoms with Crippen molar-refractivity contribution < 1.29 is 4.74 Å². The molecule has 0 fully saturated rings. The van der Waals surface area contributed by atoms with Crippen LogP contribution < -0.4 is 4.74 Å². The summed E-state index contributed by atoms with van der Waals surface area (Å²) in [6, 6.07) is 10.1. The SMILES string of the molecule is COc1c(C)cc(C(Br)c2cc(Cl)ccc2Br)cc1C. The zero-order chi connectivity index (χ0) is 14.9. The zero-order valence-electron chi connectivity index (χ0n) is 11.5. The molecule has 0 saturated carbocycles. The van der Waals surface area contributed by atoms with Gasteiger partial charge >= 0.3 is 0 Å². The van der Waals surface area contributed by atoms with E-state index in [0.29, 0.717) is 0 Å². The second-order valence-corrected chi connectivity index (χ2v) is 6.92. The average Bonchev–Trinajstić information content (AvgIpc) is 2.40. The zero-order valence-corrected chi connectivity index (χ0v) is 15.4. The van der Waals surface area contributed by atoms with Crippen LogP contribution in [0.15, 0.2) is 34.8 Å². The maximum atomic E-state index is 6.10. The third kappa shape index (κ3) is 3.21. The van der Waals surface area contributed by atoms with Crippen LogP contribution in [-0.4, -0.2) is 7.11 Å². The van der Waals surface area contributed by atoms with Crippen molar-refractivity contribution in [2.45, 2.75) is 18.7 Å². The molecule has 1 nitrogen and oxygen atoms in total. The molecule has 0 saturated heterocycles. The van der Waals surface area contributed by atoms with Gasteiger partial charge in [0, 0.05) is 9.50 Å². The first-order valence-corrected chi connectivity index (χ1v) is 8.27. The van der Waals surface area contributed by atoms with E-state index in [2.05, 4.69) is 57.8 Å². The summed E-state index contributed by atoms with van der Waals surface area (Å²) < 4.78 is 6.45. The first-order valence-electron chi connectivity index (χ1n) is 6.18. The van der Waals surface area contributed by atoms with E-state index in [9.17, 15) is 0 Å². The Labute approximate surface area is 141 Å². The van der Waals surface area contributed by atoms with Crippen molar-refractivity contribution in [1.29, 1.82) is 0 Å². The first kappa shape index (κ1) is 15.9. The lowest BCUT2D eigenvalue weighted by Gasteiger charge is -2.17. The van der Waals surface area contributed by atoms with Gasteiger partial charge in [-0.1, -0.05) is 55.6 Å². The van der Waals surface area contributed by atoms with Crippen LogP contribution in [0.5, 0.6) is 5.75 Å². The van der Waals surface area contributed by atoms with Crippen LogP contribution in [0.2, 0.25) is 5.02 Å². The second-order valence-electron chi connectivity index (χ2n) is 4.72. The van der Waals surface area contributed by atoms with Gasteiger partial charge in [0.15, 0.2) is 0 Å². The van der Waals surface area contributed by atoms with Crippen LogP contribution in [0.4, 0.5) is 0 Å². The minimum absolute atomic E-state index is 0.0823. The standard InChI is InChI=1S/C16H15Br2ClO/c1-9-6-11(7-10(2)16(9)20-3)15(18)13-8-12(19)4-5-14(13)17/h4-8,15H,1-3H3. The number of alkyl halides is 1. The largest absolute Gasteiger partial charge is 0.496 e. The number of methoxy groups -OCH3 is 1. The van der Waals surface area contributed by atoms with Crippen LogP contribution in [0.1, 0.15) is 27.1 Å². The Morgan fingerprint density at radius 3 is 2.25 bits per heavy atom. The molecule has 0 heterocycles. The van der Waals surface area contributed by atoms with Crippen molar-refractivity contribution in [1.82, 2.24) is 0 Å². The van der Waals surface area contributed by atoms with E-state index >= 15 is 0 Å². The summed E-state index contributed by atoms with van der Waals surface area (Å²) in [4.78, 5) is 0.0823. The highest BCUT2D eigenvalue weighted by Crippen LogP contribution is 2.39. The lowest BCUT2D eigenvalue weighted by molar-refractivity contribution is 0.408. The number of ether oxygens (including phenoxy) is 1. The smallest absolute Gasteiger partial charge is 0.124 e. The fraction of sp³-hybridized carbons (Fsp3) is 0.250. The molecule has 106 valence electrons. The molecule has 2 rings (SSSR count). The monoisotopic (exact) mass is 416 g/mol. The molecule has 20 heavy (non-hydrogen) atoms. The molecular weight excluding hydrogens is 403 g/mol. The Kier molecular flexibility index (Phi) is 5.16. The highest BCUT2D eigenvalue weighted by molar-refractivity contribution is 9.11. The van der Waals surface area contributed by atoms with Crippen LogP contribution in [0.25, 0.3) is 0 Å². The molecule has 2 aromatic rings. The Bertz CT molecular complexity index is 617. The fourth-order valence-electron chi connectivity index (χ4n) is 2.34. The van der Waals surface area contributed by atoms with Gasteiger partial charge in [-0.2, -0.15) is 0 Å². The van der Waals surface area contributed by atoms with Crippen molar-refractivity contribution in [3.63, 3.8) is 0 Å². The van der Waals surface area contributed by atoms with Crippen molar-refractivity contribution in [2.75, 3.05) is 7.11 Å². The minimum Gasteiger partial charge on any atom is -0.496 e. The lowest BCUT2D eigenvalue weighted by atomic mass is 9.99. The maximum Gasteiger partial charge on any atom is 0.124 e. The summed E-state index contributed by atoms with van der Waals surface area (Å²) in [5.41, 5.74) is 4.56. The fourth-order valence-corrected chi connectivity index (χ4v) is 3.95. The van der Waals surface area contributed by atoms with Crippen LogP contribution in [-0.2, 0) is 0 Å². The molecule has 1 unspecified atom stereocenters. The molecule has 0 aromatic heterocycles. The summed E-state index contributed by atoms with van der Waals surface area (Å²) in [7, 11) is 1.70. The van der Waals surface area contributed by atoms with E-state index in [0.717, 1.165) is 31.9 Å². The topological polar surface area (TPSA) is 9.23 Å². The minimum atomic E-state index is 0.0823. The van der Waals surface area contributed by atoms with Gasteiger partial charge in [0.2, 0.25) is 0 Å². The number of rotatable bonds is 3. The summed E-state index contributed by atoms with van der Waals surface area (Å²) in [6.07, 6.45) is 0. The van der Waals surface area contributed by atoms with Crippen LogP contribution in [0, 0.1) is 13.8 Å². The van der Waals surface area contributed by atoms with E-state index in [-0.39, 0.29) is 4.83 Å². The van der Waals surface area contributed by atoms with Gasteiger partial charge in [0.1, 0.15) is 5.75 Å². The van der Waals surface area contributed by atoms with E-state index < -0.39 is 0 Å². The lowest BCUT2D eigenvalue weighted by Crippen LogP contribution is -1.98. The van der Waals surface area contributed by atoms with Crippen LogP contribution in [0.3, 0.4) is 0 Å². The average molecular weight is 419 g/mol. The third-order valence-corrected chi connectivity index (χ3v) is 5.19. The van der Waals surface area contributed by atoms with Gasteiger partial charge in [-0.05, 0) is 54.3 Å². The van der Waals surface area contributed by atoms with Gasteiger partial charge in [-0.15, -0.1) is 0 Å². The van der Waals surface area contributed by atoms with Gasteiger partial charge in [-0.3, -0.25) is 0 Å². The predicted octanol–water partition coefficient (Wildman–Crippen LogP) is 6.21. The molecule has 0 N–H and O–H groups in total. The van der Waals surface area contributed by atoms with Crippen molar-refractivity contribution in [3.8, 4) is 5.75 Å². The Morgan fingerprint density at radius 1 is 1.10 bits per heavy atom. The Balaban J connectivity index is 2.48. The van der Waals surface area contributed by atoms with Gasteiger partial charge in [0.05, 0.1) is 11.9 Å². The van der Waals surface area contributed by atoms with Gasteiger partial charge in [-0.25, -0.2) is 0 Å². The second kappa shape index (κ2) is 6.50. The van der Waals surface area contributed by atoms with E-state index in [1.807, 2.05) is 18.2 Å². The van der Waals surface area contributed by atoms with E-state index in [1.165, 1.54) is 5.56 Å². The number of benzene rings is 2. The Morgan fingerprint density at radius 2 is 1.70 bits per heavy atom. The van der Waals surface area contributed by atoms with Crippen molar-refractivity contribution in [2.24, 2.45) is 0 Å².